The minimum absolute atomic E-state index is 0.0289. The zero-order chi connectivity index (χ0) is 19.3. The third-order valence-electron chi connectivity index (χ3n) is 4.08. The van der Waals surface area contributed by atoms with E-state index in [1.54, 1.807) is 36.0 Å². The van der Waals surface area contributed by atoms with Crippen LogP contribution >= 0.6 is 11.8 Å². The molecule has 8 heteroatoms. The number of nitrogens with zero attached hydrogens (tertiary/aromatic N) is 1. The molecule has 0 bridgehead atoms. The van der Waals surface area contributed by atoms with Gasteiger partial charge in [0.1, 0.15) is 5.75 Å². The van der Waals surface area contributed by atoms with Crippen LogP contribution in [0, 0.1) is 0 Å². The van der Waals surface area contributed by atoms with Crippen LogP contribution in [0.3, 0.4) is 0 Å². The number of rotatable bonds is 7. The Labute approximate surface area is 164 Å². The first-order valence-corrected chi connectivity index (χ1v) is 11.6. The quantitative estimate of drug-likeness (QED) is 0.714. The number of nitrogens with one attached hydrogen (secondary N) is 1. The Kier molecular flexibility index (Phi) is 6.28. The van der Waals surface area contributed by atoms with Gasteiger partial charge < -0.3 is 10.1 Å². The summed E-state index contributed by atoms with van der Waals surface area (Å²) in [5.74, 6) is 1.73. The Morgan fingerprint density at radius 1 is 1.19 bits per heavy atom. The van der Waals surface area contributed by atoms with Crippen molar-refractivity contribution in [1.29, 1.82) is 0 Å². The van der Waals surface area contributed by atoms with E-state index in [2.05, 4.69) is 17.4 Å². The average Bonchev–Trinajstić information content (AvgIpc) is 2.66. The molecule has 1 aliphatic rings. The Morgan fingerprint density at radius 3 is 2.63 bits per heavy atom. The molecule has 0 saturated heterocycles. The molecule has 1 atom stereocenters. The van der Waals surface area contributed by atoms with Crippen molar-refractivity contribution in [3.8, 4) is 5.75 Å². The van der Waals surface area contributed by atoms with Gasteiger partial charge in [-0.1, -0.05) is 42.5 Å². The lowest BCUT2D eigenvalue weighted by atomic mass is 10.2. The van der Waals surface area contributed by atoms with E-state index < -0.39 is 16.1 Å². The molecular formula is C19H22N2O4S2. The van der Waals surface area contributed by atoms with E-state index in [0.717, 1.165) is 17.8 Å². The van der Waals surface area contributed by atoms with Gasteiger partial charge in [0.05, 0.1) is 18.5 Å². The van der Waals surface area contributed by atoms with Crippen molar-refractivity contribution in [2.45, 2.75) is 11.9 Å². The molecule has 2 aromatic carbocycles. The number of fused-ring (bicyclic) bond motifs is 1. The van der Waals surface area contributed by atoms with E-state index in [1.165, 1.54) is 9.87 Å². The maximum absolute atomic E-state index is 12.4. The molecule has 0 fully saturated rings. The van der Waals surface area contributed by atoms with Crippen LogP contribution in [0.5, 0.6) is 5.75 Å². The first-order valence-electron chi connectivity index (χ1n) is 8.58. The minimum Gasteiger partial charge on any atom is -0.476 e. The van der Waals surface area contributed by atoms with Gasteiger partial charge in [-0.25, -0.2) is 8.42 Å². The summed E-state index contributed by atoms with van der Waals surface area (Å²) in [7, 11) is -3.50. The van der Waals surface area contributed by atoms with E-state index in [0.29, 0.717) is 18.0 Å². The van der Waals surface area contributed by atoms with Crippen LogP contribution in [0.15, 0.2) is 54.6 Å². The van der Waals surface area contributed by atoms with Crippen molar-refractivity contribution in [3.63, 3.8) is 0 Å². The molecule has 0 aliphatic carbocycles. The second-order valence-electron chi connectivity index (χ2n) is 6.20. The summed E-state index contributed by atoms with van der Waals surface area (Å²) >= 11 is 1.73. The highest BCUT2D eigenvalue weighted by Crippen LogP contribution is 2.34. The number of carbonyl (C=O) groups is 1. The average molecular weight is 407 g/mol. The van der Waals surface area contributed by atoms with Gasteiger partial charge in [0.25, 0.3) is 5.91 Å². The van der Waals surface area contributed by atoms with Gasteiger partial charge in [0.15, 0.2) is 6.10 Å². The maximum Gasteiger partial charge on any atom is 0.263 e. The number of ether oxygens (including phenoxy) is 1. The SMILES string of the molecule is CS(=O)(=O)N1CC(C(=O)NCCSCc2ccccc2)Oc2ccccc21. The molecular weight excluding hydrogens is 384 g/mol. The molecule has 0 aromatic heterocycles. The number of amides is 1. The van der Waals surface area contributed by atoms with Crippen molar-refractivity contribution in [3.05, 3.63) is 60.2 Å². The summed E-state index contributed by atoms with van der Waals surface area (Å²) in [4.78, 5) is 12.4. The van der Waals surface area contributed by atoms with Gasteiger partial charge >= 0.3 is 0 Å². The number of sulfonamides is 1. The molecule has 1 unspecified atom stereocenters. The summed E-state index contributed by atoms with van der Waals surface area (Å²) in [6.45, 7) is 0.468. The third kappa shape index (κ3) is 5.17. The monoisotopic (exact) mass is 406 g/mol. The van der Waals surface area contributed by atoms with Gasteiger partial charge in [-0.3, -0.25) is 9.10 Å². The molecule has 2 aromatic rings. The number of thioether (sulfide) groups is 1. The highest BCUT2D eigenvalue weighted by molar-refractivity contribution is 7.98. The molecule has 144 valence electrons. The van der Waals surface area contributed by atoms with Crippen LogP contribution in [-0.2, 0) is 20.6 Å². The Hall–Kier alpha value is -2.19. The molecule has 1 amide bonds. The molecule has 1 N–H and O–H groups in total. The van der Waals surface area contributed by atoms with E-state index in [-0.39, 0.29) is 12.5 Å². The second-order valence-corrected chi connectivity index (χ2v) is 9.21. The highest BCUT2D eigenvalue weighted by Gasteiger charge is 2.34. The molecule has 1 aliphatic heterocycles. The predicted molar refractivity (Wildman–Crippen MR) is 109 cm³/mol. The van der Waals surface area contributed by atoms with Crippen LogP contribution in [-0.4, -0.2) is 45.5 Å². The first-order chi connectivity index (χ1) is 12.9. The zero-order valence-corrected chi connectivity index (χ0v) is 16.6. The Bertz CT molecular complexity index is 888. The summed E-state index contributed by atoms with van der Waals surface area (Å²) < 4.78 is 31.1. The molecule has 0 saturated carbocycles. The maximum atomic E-state index is 12.4. The second kappa shape index (κ2) is 8.67. The highest BCUT2D eigenvalue weighted by atomic mass is 32.2. The van der Waals surface area contributed by atoms with Gasteiger partial charge in [-0.05, 0) is 17.7 Å². The standard InChI is InChI=1S/C19H22N2O4S2/c1-27(23,24)21-13-18(25-17-10-6-5-9-16(17)21)19(22)20-11-12-26-14-15-7-3-2-4-8-15/h2-10,18H,11-14H2,1H3,(H,20,22). The molecule has 27 heavy (non-hydrogen) atoms. The number of para-hydroxylation sites is 2. The fourth-order valence-corrected chi connectivity index (χ4v) is 4.51. The van der Waals surface area contributed by atoms with Crippen molar-refractivity contribution in [2.75, 3.05) is 29.4 Å². The van der Waals surface area contributed by atoms with Gasteiger partial charge in [0, 0.05) is 18.1 Å². The molecule has 6 nitrogen and oxygen atoms in total. The van der Waals surface area contributed by atoms with Crippen molar-refractivity contribution in [2.24, 2.45) is 0 Å². The smallest absolute Gasteiger partial charge is 0.263 e. The molecule has 3 rings (SSSR count). The molecule has 0 radical (unpaired) electrons. The largest absolute Gasteiger partial charge is 0.476 e. The summed E-state index contributed by atoms with van der Waals surface area (Å²) in [5.41, 5.74) is 1.70. The van der Waals surface area contributed by atoms with Crippen LogP contribution in [0.4, 0.5) is 5.69 Å². The van der Waals surface area contributed by atoms with E-state index in [9.17, 15) is 13.2 Å². The lowest BCUT2D eigenvalue weighted by molar-refractivity contribution is -0.127. The van der Waals surface area contributed by atoms with Crippen molar-refractivity contribution >= 4 is 33.4 Å². The van der Waals surface area contributed by atoms with Crippen molar-refractivity contribution < 1.29 is 17.9 Å². The lowest BCUT2D eigenvalue weighted by Gasteiger charge is -2.33. The summed E-state index contributed by atoms with van der Waals surface area (Å²) in [6.07, 6.45) is 0.262. The van der Waals surface area contributed by atoms with E-state index >= 15 is 0 Å². The predicted octanol–water partition coefficient (Wildman–Crippen LogP) is 2.26. The fourth-order valence-electron chi connectivity index (χ4n) is 2.78. The molecule has 1 heterocycles. The third-order valence-corrected chi connectivity index (χ3v) is 6.26. The zero-order valence-electron chi connectivity index (χ0n) is 15.0. The molecule has 0 spiro atoms. The van der Waals surface area contributed by atoms with Crippen LogP contribution in [0.1, 0.15) is 5.56 Å². The van der Waals surface area contributed by atoms with Crippen LogP contribution in [0.2, 0.25) is 0 Å². The number of hydrogen-bond donors (Lipinski definition) is 1. The number of anilines is 1. The summed E-state index contributed by atoms with van der Waals surface area (Å²) in [6, 6.07) is 17.0. The minimum atomic E-state index is -3.50. The van der Waals surface area contributed by atoms with Crippen LogP contribution < -0.4 is 14.4 Å². The van der Waals surface area contributed by atoms with E-state index in [4.69, 9.17) is 4.74 Å². The first kappa shape index (κ1) is 19.6. The summed E-state index contributed by atoms with van der Waals surface area (Å²) in [5, 5.41) is 2.84. The van der Waals surface area contributed by atoms with Crippen molar-refractivity contribution in [1.82, 2.24) is 5.32 Å². The number of benzene rings is 2. The number of carbonyl (C=O) groups excluding carboxylic acids is 1. The van der Waals surface area contributed by atoms with Gasteiger partial charge in [-0.15, -0.1) is 0 Å². The van der Waals surface area contributed by atoms with E-state index in [1.807, 2.05) is 18.2 Å². The fraction of sp³-hybridized carbons (Fsp3) is 0.316. The normalized spacial score (nSPS) is 16.3. The van der Waals surface area contributed by atoms with Gasteiger partial charge in [-0.2, -0.15) is 11.8 Å². The topological polar surface area (TPSA) is 75.7 Å². The Morgan fingerprint density at radius 2 is 1.89 bits per heavy atom. The lowest BCUT2D eigenvalue weighted by Crippen LogP contribution is -2.50. The number of hydrogen-bond acceptors (Lipinski definition) is 5. The van der Waals surface area contributed by atoms with Crippen LogP contribution in [0.25, 0.3) is 0 Å². The Balaban J connectivity index is 1.53. The van der Waals surface area contributed by atoms with Gasteiger partial charge in [0.2, 0.25) is 10.0 Å².